The third kappa shape index (κ3) is 3.91. The van der Waals surface area contributed by atoms with Crippen molar-refractivity contribution in [1.82, 2.24) is 0 Å². The predicted molar refractivity (Wildman–Crippen MR) is 66.3 cm³/mol. The normalized spacial score (nSPS) is 11.1. The van der Waals surface area contributed by atoms with Crippen molar-refractivity contribution in [2.45, 2.75) is 26.4 Å². The molecule has 3 nitrogen and oxygen atoms in total. The summed E-state index contributed by atoms with van der Waals surface area (Å²) in [5.74, 6) is 0. The van der Waals surface area contributed by atoms with Crippen molar-refractivity contribution in [3.63, 3.8) is 0 Å². The molecule has 0 radical (unpaired) electrons. The zero-order chi connectivity index (χ0) is 12.3. The molecular formula is C11H13Cl2NO2. The summed E-state index contributed by atoms with van der Waals surface area (Å²) in [6, 6.07) is 4.98. The molecule has 0 saturated heterocycles. The number of carbonyl (C=O) groups is 1. The average Bonchev–Trinajstić information content (AvgIpc) is 2.08. The van der Waals surface area contributed by atoms with Crippen molar-refractivity contribution in [2.24, 2.45) is 0 Å². The number of carbonyl (C=O) groups excluding carboxylic acids is 1. The fourth-order valence-electron chi connectivity index (χ4n) is 1.02. The molecular weight excluding hydrogens is 249 g/mol. The lowest BCUT2D eigenvalue weighted by molar-refractivity contribution is 0.0636. The Morgan fingerprint density at radius 2 is 1.75 bits per heavy atom. The van der Waals surface area contributed by atoms with Gasteiger partial charge in [0.15, 0.2) is 0 Å². The zero-order valence-corrected chi connectivity index (χ0v) is 10.8. The van der Waals surface area contributed by atoms with Crippen LogP contribution in [0.4, 0.5) is 10.5 Å². The summed E-state index contributed by atoms with van der Waals surface area (Å²) in [5.41, 5.74) is -0.197. The minimum absolute atomic E-state index is 0.361. The van der Waals surface area contributed by atoms with Crippen LogP contribution in [-0.4, -0.2) is 11.7 Å². The maximum absolute atomic E-state index is 11.5. The summed E-state index contributed by atoms with van der Waals surface area (Å²) < 4.78 is 5.08. The molecule has 0 spiro atoms. The van der Waals surface area contributed by atoms with Gasteiger partial charge in [0.25, 0.3) is 0 Å². The summed E-state index contributed by atoms with van der Waals surface area (Å²) in [5, 5.41) is 3.26. The molecule has 1 aromatic carbocycles. The van der Waals surface area contributed by atoms with E-state index in [1.54, 1.807) is 39.0 Å². The predicted octanol–water partition coefficient (Wildman–Crippen LogP) is 4.34. The molecule has 0 heterocycles. The number of anilines is 1. The molecule has 0 aromatic heterocycles. The van der Waals surface area contributed by atoms with Crippen LogP contribution < -0.4 is 5.32 Å². The van der Waals surface area contributed by atoms with Crippen LogP contribution >= 0.6 is 23.2 Å². The van der Waals surface area contributed by atoms with E-state index in [0.717, 1.165) is 0 Å². The first-order chi connectivity index (χ1) is 7.29. The highest BCUT2D eigenvalue weighted by molar-refractivity contribution is 6.39. The number of benzene rings is 1. The number of hydrogen-bond donors (Lipinski definition) is 1. The highest BCUT2D eigenvalue weighted by Crippen LogP contribution is 2.30. The Morgan fingerprint density at radius 3 is 2.19 bits per heavy atom. The van der Waals surface area contributed by atoms with Crippen molar-refractivity contribution in [3.8, 4) is 0 Å². The summed E-state index contributed by atoms with van der Waals surface area (Å²) in [4.78, 5) is 11.5. The minimum Gasteiger partial charge on any atom is -0.444 e. The van der Waals surface area contributed by atoms with Gasteiger partial charge in [0.05, 0.1) is 15.7 Å². The first-order valence-corrected chi connectivity index (χ1v) is 5.49. The second-order valence-electron chi connectivity index (χ2n) is 4.22. The Kier molecular flexibility index (Phi) is 4.05. The van der Waals surface area contributed by atoms with Crippen LogP contribution in [0.25, 0.3) is 0 Å². The van der Waals surface area contributed by atoms with E-state index in [0.29, 0.717) is 15.7 Å². The topological polar surface area (TPSA) is 38.3 Å². The smallest absolute Gasteiger partial charge is 0.412 e. The van der Waals surface area contributed by atoms with Gasteiger partial charge in [0, 0.05) is 0 Å². The van der Waals surface area contributed by atoms with E-state index < -0.39 is 11.7 Å². The first-order valence-electron chi connectivity index (χ1n) is 4.73. The van der Waals surface area contributed by atoms with E-state index in [1.165, 1.54) is 0 Å². The van der Waals surface area contributed by atoms with Gasteiger partial charge in [-0.05, 0) is 32.9 Å². The Labute approximate surface area is 105 Å². The minimum atomic E-state index is -0.581. The maximum Gasteiger partial charge on any atom is 0.412 e. The van der Waals surface area contributed by atoms with E-state index in [1.807, 2.05) is 0 Å². The van der Waals surface area contributed by atoms with Crippen LogP contribution in [0.5, 0.6) is 0 Å². The van der Waals surface area contributed by atoms with Crippen LogP contribution in [0.2, 0.25) is 10.0 Å². The van der Waals surface area contributed by atoms with E-state index in [-0.39, 0.29) is 0 Å². The fourth-order valence-corrected chi connectivity index (χ4v) is 1.51. The molecule has 0 unspecified atom stereocenters. The molecule has 0 aliphatic heterocycles. The van der Waals surface area contributed by atoms with Gasteiger partial charge in [0.1, 0.15) is 5.60 Å². The molecule has 0 aliphatic rings. The molecule has 1 aromatic rings. The van der Waals surface area contributed by atoms with E-state index in [4.69, 9.17) is 27.9 Å². The second kappa shape index (κ2) is 4.93. The van der Waals surface area contributed by atoms with Crippen LogP contribution in [0, 0.1) is 0 Å². The highest BCUT2D eigenvalue weighted by atomic mass is 35.5. The molecule has 1 amide bonds. The Balaban J connectivity index is 2.78. The summed E-state index contributed by atoms with van der Waals surface area (Å²) in [6.45, 7) is 5.34. The van der Waals surface area contributed by atoms with Gasteiger partial charge in [-0.1, -0.05) is 29.3 Å². The highest BCUT2D eigenvalue weighted by Gasteiger charge is 2.17. The standard InChI is InChI=1S/C11H13Cl2NO2/c1-11(2,3)16-10(15)14-9-7(12)5-4-6-8(9)13/h4-6H,1-3H3,(H,14,15). The molecule has 0 fully saturated rings. The fraction of sp³-hybridized carbons (Fsp3) is 0.364. The third-order valence-electron chi connectivity index (χ3n) is 1.59. The van der Waals surface area contributed by atoms with Crippen molar-refractivity contribution < 1.29 is 9.53 Å². The van der Waals surface area contributed by atoms with Crippen LogP contribution in [-0.2, 0) is 4.74 Å². The maximum atomic E-state index is 11.5. The molecule has 1 N–H and O–H groups in total. The van der Waals surface area contributed by atoms with Gasteiger partial charge in [-0.25, -0.2) is 4.79 Å². The molecule has 5 heteroatoms. The van der Waals surface area contributed by atoms with Crippen LogP contribution in [0.15, 0.2) is 18.2 Å². The molecule has 16 heavy (non-hydrogen) atoms. The lowest BCUT2D eigenvalue weighted by Gasteiger charge is -2.20. The molecule has 0 aliphatic carbocycles. The summed E-state index contributed by atoms with van der Waals surface area (Å²) in [7, 11) is 0. The third-order valence-corrected chi connectivity index (χ3v) is 2.22. The van der Waals surface area contributed by atoms with Crippen molar-refractivity contribution in [2.75, 3.05) is 5.32 Å². The lowest BCUT2D eigenvalue weighted by Crippen LogP contribution is -2.27. The number of nitrogens with one attached hydrogen (secondary N) is 1. The molecule has 1 rings (SSSR count). The number of halogens is 2. The monoisotopic (exact) mass is 261 g/mol. The second-order valence-corrected chi connectivity index (χ2v) is 5.04. The number of hydrogen-bond acceptors (Lipinski definition) is 2. The van der Waals surface area contributed by atoms with Gasteiger partial charge < -0.3 is 4.74 Å². The largest absolute Gasteiger partial charge is 0.444 e. The first kappa shape index (κ1) is 13.1. The number of ether oxygens (including phenoxy) is 1. The molecule has 0 bridgehead atoms. The zero-order valence-electron chi connectivity index (χ0n) is 9.30. The molecule has 0 saturated carbocycles. The van der Waals surface area contributed by atoms with Crippen molar-refractivity contribution >= 4 is 35.0 Å². The van der Waals surface area contributed by atoms with E-state index in [2.05, 4.69) is 5.32 Å². The van der Waals surface area contributed by atoms with Crippen LogP contribution in [0.1, 0.15) is 20.8 Å². The quantitative estimate of drug-likeness (QED) is 0.817. The van der Waals surface area contributed by atoms with Gasteiger partial charge in [-0.2, -0.15) is 0 Å². The number of rotatable bonds is 1. The van der Waals surface area contributed by atoms with Gasteiger partial charge in [-0.15, -0.1) is 0 Å². The average molecular weight is 262 g/mol. The van der Waals surface area contributed by atoms with Crippen molar-refractivity contribution in [1.29, 1.82) is 0 Å². The Bertz CT molecular complexity index is 379. The summed E-state index contributed by atoms with van der Waals surface area (Å²) >= 11 is 11.8. The van der Waals surface area contributed by atoms with Gasteiger partial charge >= 0.3 is 6.09 Å². The van der Waals surface area contributed by atoms with Crippen molar-refractivity contribution in [3.05, 3.63) is 28.2 Å². The van der Waals surface area contributed by atoms with Gasteiger partial charge in [0.2, 0.25) is 0 Å². The summed E-state index contributed by atoms with van der Waals surface area (Å²) in [6.07, 6.45) is -0.581. The number of para-hydroxylation sites is 1. The Hall–Kier alpha value is -0.930. The molecule has 0 atom stereocenters. The SMILES string of the molecule is CC(C)(C)OC(=O)Nc1c(Cl)cccc1Cl. The lowest BCUT2D eigenvalue weighted by atomic mass is 10.2. The Morgan fingerprint density at radius 1 is 1.25 bits per heavy atom. The molecule has 88 valence electrons. The number of amides is 1. The van der Waals surface area contributed by atoms with E-state index >= 15 is 0 Å². The van der Waals surface area contributed by atoms with Gasteiger partial charge in [-0.3, -0.25) is 5.32 Å². The van der Waals surface area contributed by atoms with Crippen LogP contribution in [0.3, 0.4) is 0 Å². The van der Waals surface area contributed by atoms with E-state index in [9.17, 15) is 4.79 Å².